The summed E-state index contributed by atoms with van der Waals surface area (Å²) in [5.41, 5.74) is 2.74. The van der Waals surface area contributed by atoms with Crippen molar-refractivity contribution in [2.45, 2.75) is 13.0 Å². The fourth-order valence-electron chi connectivity index (χ4n) is 2.95. The van der Waals surface area contributed by atoms with Crippen molar-refractivity contribution in [3.63, 3.8) is 0 Å². The van der Waals surface area contributed by atoms with Crippen LogP contribution in [0.1, 0.15) is 17.8 Å². The quantitative estimate of drug-likeness (QED) is 0.727. The molecule has 116 valence electrons. The topological polar surface area (TPSA) is 61.9 Å². The van der Waals surface area contributed by atoms with Gasteiger partial charge in [-0.1, -0.05) is 12.1 Å². The van der Waals surface area contributed by atoms with E-state index >= 15 is 0 Å². The second-order valence-electron chi connectivity index (χ2n) is 5.59. The molecule has 0 aliphatic carbocycles. The first-order valence-corrected chi connectivity index (χ1v) is 7.45. The van der Waals surface area contributed by atoms with Crippen molar-refractivity contribution in [3.05, 3.63) is 52.2 Å². The maximum Gasteiger partial charge on any atom is 0.264 e. The fraction of sp³-hybridized carbons (Fsp3) is 0.235. The summed E-state index contributed by atoms with van der Waals surface area (Å²) in [7, 11) is 3.45. The SMILES string of the molecule is COc1ccc(/C=C2\CCn3c2nc2c(cnn2C)c3=O)cc1. The van der Waals surface area contributed by atoms with E-state index in [4.69, 9.17) is 4.74 Å². The van der Waals surface area contributed by atoms with Gasteiger partial charge in [-0.05, 0) is 35.8 Å². The van der Waals surface area contributed by atoms with E-state index in [9.17, 15) is 4.79 Å². The normalized spacial score (nSPS) is 15.3. The second-order valence-corrected chi connectivity index (χ2v) is 5.59. The fourth-order valence-corrected chi connectivity index (χ4v) is 2.95. The number of hydrogen-bond acceptors (Lipinski definition) is 4. The van der Waals surface area contributed by atoms with Gasteiger partial charge >= 0.3 is 0 Å². The first-order valence-electron chi connectivity index (χ1n) is 7.45. The molecule has 0 N–H and O–H groups in total. The Morgan fingerprint density at radius 2 is 2.04 bits per heavy atom. The van der Waals surface area contributed by atoms with E-state index in [1.54, 1.807) is 29.6 Å². The summed E-state index contributed by atoms with van der Waals surface area (Å²) >= 11 is 0. The van der Waals surface area contributed by atoms with Crippen LogP contribution < -0.4 is 10.3 Å². The van der Waals surface area contributed by atoms with Gasteiger partial charge in [-0.2, -0.15) is 5.10 Å². The van der Waals surface area contributed by atoms with E-state index in [-0.39, 0.29) is 5.56 Å². The molecule has 1 aliphatic heterocycles. The van der Waals surface area contributed by atoms with Crippen molar-refractivity contribution < 1.29 is 4.74 Å². The zero-order valence-corrected chi connectivity index (χ0v) is 13.0. The molecule has 0 spiro atoms. The predicted octanol–water partition coefficient (Wildman–Crippen LogP) is 2.08. The zero-order valence-electron chi connectivity index (χ0n) is 13.0. The first kappa shape index (κ1) is 13.8. The number of benzene rings is 1. The van der Waals surface area contributed by atoms with Crippen molar-refractivity contribution in [2.75, 3.05) is 7.11 Å². The Morgan fingerprint density at radius 3 is 2.78 bits per heavy atom. The minimum absolute atomic E-state index is 0.0174. The Kier molecular flexibility index (Phi) is 3.04. The standard InChI is InChI=1S/C17H16N4O2/c1-20-16-14(10-18-20)17(22)21-8-7-12(15(21)19-16)9-11-3-5-13(23-2)6-4-11/h3-6,9-10H,7-8H2,1-2H3/b12-9+. The minimum atomic E-state index is -0.0174. The molecule has 1 aromatic carbocycles. The first-order chi connectivity index (χ1) is 11.2. The van der Waals surface area contributed by atoms with E-state index in [1.165, 1.54) is 0 Å². The van der Waals surface area contributed by atoms with E-state index in [0.29, 0.717) is 17.6 Å². The highest BCUT2D eigenvalue weighted by atomic mass is 16.5. The summed E-state index contributed by atoms with van der Waals surface area (Å²) in [4.78, 5) is 17.2. The second kappa shape index (κ2) is 5.08. The Balaban J connectivity index is 1.84. The summed E-state index contributed by atoms with van der Waals surface area (Å²) in [6.07, 6.45) is 4.47. The lowest BCUT2D eigenvalue weighted by Crippen LogP contribution is -2.20. The maximum atomic E-state index is 12.5. The van der Waals surface area contributed by atoms with E-state index in [1.807, 2.05) is 24.3 Å². The zero-order chi connectivity index (χ0) is 16.0. The molecule has 0 bridgehead atoms. The number of fused-ring (bicyclic) bond motifs is 2. The van der Waals surface area contributed by atoms with Crippen molar-refractivity contribution in [3.8, 4) is 5.75 Å². The summed E-state index contributed by atoms with van der Waals surface area (Å²) < 4.78 is 8.55. The van der Waals surface area contributed by atoms with Gasteiger partial charge in [0, 0.05) is 13.6 Å². The Labute approximate surface area is 132 Å². The van der Waals surface area contributed by atoms with Gasteiger partial charge in [0.2, 0.25) is 0 Å². The van der Waals surface area contributed by atoms with Crippen LogP contribution in [0, 0.1) is 0 Å². The molecule has 3 aromatic rings. The Morgan fingerprint density at radius 1 is 1.26 bits per heavy atom. The number of aryl methyl sites for hydroxylation is 1. The molecule has 6 nitrogen and oxygen atoms in total. The third-order valence-corrected chi connectivity index (χ3v) is 4.20. The molecule has 23 heavy (non-hydrogen) atoms. The van der Waals surface area contributed by atoms with Gasteiger partial charge < -0.3 is 4.74 Å². The van der Waals surface area contributed by atoms with Crippen LogP contribution in [0.15, 0.2) is 35.3 Å². The number of hydrogen-bond donors (Lipinski definition) is 0. The van der Waals surface area contributed by atoms with Crippen LogP contribution in [0.5, 0.6) is 5.75 Å². The molecular weight excluding hydrogens is 292 g/mol. The van der Waals surface area contributed by atoms with Gasteiger partial charge in [0.15, 0.2) is 5.65 Å². The van der Waals surface area contributed by atoms with Crippen LogP contribution in [0.25, 0.3) is 22.7 Å². The molecule has 0 fully saturated rings. The Hall–Kier alpha value is -2.89. The lowest BCUT2D eigenvalue weighted by atomic mass is 10.1. The van der Waals surface area contributed by atoms with Crippen LogP contribution >= 0.6 is 0 Å². The highest BCUT2D eigenvalue weighted by Gasteiger charge is 2.22. The van der Waals surface area contributed by atoms with E-state index in [2.05, 4.69) is 16.2 Å². The summed E-state index contributed by atoms with van der Waals surface area (Å²) in [5, 5.41) is 4.70. The number of allylic oxidation sites excluding steroid dienone is 1. The number of rotatable bonds is 2. The third kappa shape index (κ3) is 2.14. The maximum absolute atomic E-state index is 12.5. The molecule has 0 radical (unpaired) electrons. The van der Waals surface area contributed by atoms with Gasteiger partial charge in [-0.15, -0.1) is 0 Å². The summed E-state index contributed by atoms with van der Waals surface area (Å²) in [6.45, 7) is 0.661. The molecule has 0 saturated carbocycles. The molecule has 4 rings (SSSR count). The number of nitrogens with zero attached hydrogens (tertiary/aromatic N) is 4. The molecule has 3 heterocycles. The molecule has 1 aliphatic rings. The van der Waals surface area contributed by atoms with Crippen molar-refractivity contribution >= 4 is 22.7 Å². The van der Waals surface area contributed by atoms with Crippen LogP contribution in [0.3, 0.4) is 0 Å². The van der Waals surface area contributed by atoms with Crippen molar-refractivity contribution in [1.82, 2.24) is 19.3 Å². The summed E-state index contributed by atoms with van der Waals surface area (Å²) in [5.74, 6) is 1.56. The van der Waals surface area contributed by atoms with Crippen LogP contribution in [0.4, 0.5) is 0 Å². The van der Waals surface area contributed by atoms with Gasteiger partial charge in [-0.25, -0.2) is 4.98 Å². The molecule has 0 amide bonds. The number of ether oxygens (including phenoxy) is 1. The van der Waals surface area contributed by atoms with Crippen LogP contribution in [-0.2, 0) is 13.6 Å². The van der Waals surface area contributed by atoms with Crippen molar-refractivity contribution in [1.29, 1.82) is 0 Å². The van der Waals surface area contributed by atoms with Gasteiger partial charge in [0.05, 0.1) is 13.3 Å². The predicted molar refractivity (Wildman–Crippen MR) is 88.3 cm³/mol. The Bertz CT molecular complexity index is 980. The number of aromatic nitrogens is 4. The molecule has 0 unspecified atom stereocenters. The molecule has 6 heteroatoms. The lowest BCUT2D eigenvalue weighted by molar-refractivity contribution is 0.415. The van der Waals surface area contributed by atoms with E-state index in [0.717, 1.165) is 29.1 Å². The molecule has 0 saturated heterocycles. The van der Waals surface area contributed by atoms with Gasteiger partial charge in [-0.3, -0.25) is 14.0 Å². The van der Waals surface area contributed by atoms with Crippen molar-refractivity contribution in [2.24, 2.45) is 7.05 Å². The molecule has 0 atom stereocenters. The van der Waals surface area contributed by atoms with Gasteiger partial charge in [0.25, 0.3) is 5.56 Å². The smallest absolute Gasteiger partial charge is 0.264 e. The van der Waals surface area contributed by atoms with Crippen LogP contribution in [0.2, 0.25) is 0 Å². The molecule has 2 aromatic heterocycles. The average Bonchev–Trinajstić information content (AvgIpc) is 3.14. The molecular formula is C17H16N4O2. The van der Waals surface area contributed by atoms with Crippen LogP contribution in [-0.4, -0.2) is 26.4 Å². The highest BCUT2D eigenvalue weighted by Crippen LogP contribution is 2.27. The minimum Gasteiger partial charge on any atom is -0.497 e. The van der Waals surface area contributed by atoms with E-state index < -0.39 is 0 Å². The monoisotopic (exact) mass is 308 g/mol. The lowest BCUT2D eigenvalue weighted by Gasteiger charge is -2.04. The highest BCUT2D eigenvalue weighted by molar-refractivity contribution is 5.83. The average molecular weight is 308 g/mol. The van der Waals surface area contributed by atoms with Gasteiger partial charge in [0.1, 0.15) is 17.0 Å². The number of methoxy groups -OCH3 is 1. The largest absolute Gasteiger partial charge is 0.497 e. The third-order valence-electron chi connectivity index (χ3n) is 4.20. The summed E-state index contributed by atoms with van der Waals surface area (Å²) in [6, 6.07) is 7.84.